The van der Waals surface area contributed by atoms with E-state index in [0.29, 0.717) is 18.1 Å². The van der Waals surface area contributed by atoms with Gasteiger partial charge in [-0.15, -0.1) is 0 Å². The average Bonchev–Trinajstić information content (AvgIpc) is 2.85. The SMILES string of the molecule is CCC(N)Cc1noc(-c2ccsc2)n1. The molecule has 4 nitrogen and oxygen atoms in total. The fraction of sp³-hybridized carbons (Fsp3) is 0.400. The van der Waals surface area contributed by atoms with Crippen LogP contribution >= 0.6 is 11.3 Å². The summed E-state index contributed by atoms with van der Waals surface area (Å²) in [5, 5.41) is 7.86. The summed E-state index contributed by atoms with van der Waals surface area (Å²) < 4.78 is 5.14. The predicted octanol–water partition coefficient (Wildman–Crippen LogP) is 2.08. The first-order valence-corrected chi connectivity index (χ1v) is 5.84. The van der Waals surface area contributed by atoms with Gasteiger partial charge in [0.05, 0.1) is 5.56 Å². The number of thiophene rings is 1. The normalized spacial score (nSPS) is 12.9. The van der Waals surface area contributed by atoms with Gasteiger partial charge in [0.25, 0.3) is 5.89 Å². The molecule has 0 saturated heterocycles. The standard InChI is InChI=1S/C10H13N3OS/c1-2-8(11)5-9-12-10(14-13-9)7-3-4-15-6-7/h3-4,6,8H,2,5,11H2,1H3. The minimum atomic E-state index is 0.109. The van der Waals surface area contributed by atoms with Gasteiger partial charge < -0.3 is 10.3 Å². The van der Waals surface area contributed by atoms with Crippen LogP contribution in [0.2, 0.25) is 0 Å². The zero-order chi connectivity index (χ0) is 10.7. The maximum absolute atomic E-state index is 5.81. The summed E-state index contributed by atoms with van der Waals surface area (Å²) in [7, 11) is 0. The van der Waals surface area contributed by atoms with Gasteiger partial charge >= 0.3 is 0 Å². The Bertz CT molecular complexity index is 410. The fourth-order valence-electron chi connectivity index (χ4n) is 1.22. The molecular formula is C10H13N3OS. The second-order valence-corrected chi connectivity index (χ2v) is 4.18. The summed E-state index contributed by atoms with van der Waals surface area (Å²) in [6.07, 6.45) is 1.59. The molecular weight excluding hydrogens is 210 g/mol. The van der Waals surface area contributed by atoms with Crippen LogP contribution in [0.4, 0.5) is 0 Å². The van der Waals surface area contributed by atoms with Crippen molar-refractivity contribution in [1.82, 2.24) is 10.1 Å². The van der Waals surface area contributed by atoms with Crippen LogP contribution in [-0.4, -0.2) is 16.2 Å². The Balaban J connectivity index is 2.11. The van der Waals surface area contributed by atoms with Crippen molar-refractivity contribution in [3.05, 3.63) is 22.7 Å². The molecule has 2 aromatic rings. The summed E-state index contributed by atoms with van der Waals surface area (Å²) in [5.74, 6) is 1.26. The highest BCUT2D eigenvalue weighted by Crippen LogP contribution is 2.20. The van der Waals surface area contributed by atoms with Gasteiger partial charge in [-0.1, -0.05) is 12.1 Å². The van der Waals surface area contributed by atoms with Crippen LogP contribution in [0, 0.1) is 0 Å². The largest absolute Gasteiger partial charge is 0.334 e. The first kappa shape index (κ1) is 10.3. The van der Waals surface area contributed by atoms with Crippen molar-refractivity contribution in [2.24, 2.45) is 5.73 Å². The van der Waals surface area contributed by atoms with Crippen LogP contribution in [0.15, 0.2) is 21.3 Å². The van der Waals surface area contributed by atoms with E-state index in [1.807, 2.05) is 23.8 Å². The van der Waals surface area contributed by atoms with E-state index < -0.39 is 0 Å². The van der Waals surface area contributed by atoms with E-state index in [-0.39, 0.29) is 6.04 Å². The zero-order valence-electron chi connectivity index (χ0n) is 8.51. The Morgan fingerprint density at radius 2 is 2.47 bits per heavy atom. The summed E-state index contributed by atoms with van der Waals surface area (Å²) in [5.41, 5.74) is 6.79. The molecule has 0 aliphatic rings. The Labute approximate surface area is 92.1 Å². The highest BCUT2D eigenvalue weighted by Gasteiger charge is 2.11. The molecule has 0 bridgehead atoms. The van der Waals surface area contributed by atoms with E-state index in [2.05, 4.69) is 10.1 Å². The van der Waals surface area contributed by atoms with Crippen LogP contribution in [0.5, 0.6) is 0 Å². The van der Waals surface area contributed by atoms with Gasteiger partial charge in [-0.25, -0.2) is 0 Å². The van der Waals surface area contributed by atoms with E-state index in [1.54, 1.807) is 11.3 Å². The third-order valence-electron chi connectivity index (χ3n) is 2.21. The number of hydrogen-bond acceptors (Lipinski definition) is 5. The summed E-state index contributed by atoms with van der Waals surface area (Å²) in [6.45, 7) is 2.05. The van der Waals surface area contributed by atoms with Crippen LogP contribution in [-0.2, 0) is 6.42 Å². The summed E-state index contributed by atoms with van der Waals surface area (Å²) in [4.78, 5) is 4.29. The van der Waals surface area contributed by atoms with Gasteiger partial charge in [0.1, 0.15) is 0 Å². The second-order valence-electron chi connectivity index (χ2n) is 3.40. The molecule has 2 aromatic heterocycles. The van der Waals surface area contributed by atoms with Crippen molar-refractivity contribution in [3.8, 4) is 11.5 Å². The smallest absolute Gasteiger partial charge is 0.258 e. The molecule has 0 aliphatic heterocycles. The monoisotopic (exact) mass is 223 g/mol. The number of nitrogens with two attached hydrogens (primary N) is 1. The quantitative estimate of drug-likeness (QED) is 0.861. The van der Waals surface area contributed by atoms with Gasteiger partial charge in [0.15, 0.2) is 5.82 Å². The lowest BCUT2D eigenvalue weighted by Gasteiger charge is -2.02. The second kappa shape index (κ2) is 4.55. The Kier molecular flexibility index (Phi) is 3.13. The Hall–Kier alpha value is -1.20. The van der Waals surface area contributed by atoms with Crippen molar-refractivity contribution in [2.75, 3.05) is 0 Å². The molecule has 1 unspecified atom stereocenters. The van der Waals surface area contributed by atoms with E-state index >= 15 is 0 Å². The van der Waals surface area contributed by atoms with Gasteiger partial charge in [-0.05, 0) is 17.9 Å². The summed E-state index contributed by atoms with van der Waals surface area (Å²) >= 11 is 1.61. The lowest BCUT2D eigenvalue weighted by Crippen LogP contribution is -2.21. The fourth-order valence-corrected chi connectivity index (χ4v) is 1.85. The molecule has 0 radical (unpaired) electrons. The molecule has 2 N–H and O–H groups in total. The van der Waals surface area contributed by atoms with Crippen LogP contribution < -0.4 is 5.73 Å². The maximum Gasteiger partial charge on any atom is 0.258 e. The minimum Gasteiger partial charge on any atom is -0.334 e. The molecule has 5 heteroatoms. The van der Waals surface area contributed by atoms with Crippen molar-refractivity contribution < 1.29 is 4.52 Å². The zero-order valence-corrected chi connectivity index (χ0v) is 9.33. The predicted molar refractivity (Wildman–Crippen MR) is 59.6 cm³/mol. The molecule has 0 aliphatic carbocycles. The molecule has 1 atom stereocenters. The molecule has 2 heterocycles. The highest BCUT2D eigenvalue weighted by atomic mass is 32.1. The molecule has 2 rings (SSSR count). The van der Waals surface area contributed by atoms with Crippen LogP contribution in [0.3, 0.4) is 0 Å². The topological polar surface area (TPSA) is 64.9 Å². The molecule has 0 saturated carbocycles. The summed E-state index contributed by atoms with van der Waals surface area (Å²) in [6, 6.07) is 2.07. The van der Waals surface area contributed by atoms with Crippen molar-refractivity contribution in [3.63, 3.8) is 0 Å². The van der Waals surface area contributed by atoms with Crippen molar-refractivity contribution >= 4 is 11.3 Å². The van der Waals surface area contributed by atoms with E-state index in [9.17, 15) is 0 Å². The van der Waals surface area contributed by atoms with E-state index in [1.165, 1.54) is 0 Å². The lowest BCUT2D eigenvalue weighted by atomic mass is 10.2. The Morgan fingerprint density at radius 3 is 3.13 bits per heavy atom. The lowest BCUT2D eigenvalue weighted by molar-refractivity contribution is 0.419. The molecule has 0 aromatic carbocycles. The van der Waals surface area contributed by atoms with Gasteiger partial charge in [-0.2, -0.15) is 16.3 Å². The van der Waals surface area contributed by atoms with Gasteiger partial charge in [-0.3, -0.25) is 0 Å². The van der Waals surface area contributed by atoms with E-state index in [0.717, 1.165) is 12.0 Å². The molecule has 0 amide bonds. The average molecular weight is 223 g/mol. The molecule has 80 valence electrons. The van der Waals surface area contributed by atoms with Gasteiger partial charge in [0, 0.05) is 17.8 Å². The maximum atomic E-state index is 5.81. The Morgan fingerprint density at radius 1 is 1.60 bits per heavy atom. The van der Waals surface area contributed by atoms with Crippen molar-refractivity contribution in [2.45, 2.75) is 25.8 Å². The molecule has 0 spiro atoms. The van der Waals surface area contributed by atoms with Crippen LogP contribution in [0.1, 0.15) is 19.2 Å². The number of rotatable bonds is 4. The van der Waals surface area contributed by atoms with Crippen LogP contribution in [0.25, 0.3) is 11.5 Å². The third kappa shape index (κ3) is 2.43. The van der Waals surface area contributed by atoms with Gasteiger partial charge in [0.2, 0.25) is 0 Å². The molecule has 15 heavy (non-hydrogen) atoms. The highest BCUT2D eigenvalue weighted by molar-refractivity contribution is 7.08. The number of nitrogens with zero attached hydrogens (tertiary/aromatic N) is 2. The van der Waals surface area contributed by atoms with Crippen molar-refractivity contribution in [1.29, 1.82) is 0 Å². The first-order valence-electron chi connectivity index (χ1n) is 4.90. The first-order chi connectivity index (χ1) is 7.29. The number of hydrogen-bond donors (Lipinski definition) is 1. The third-order valence-corrected chi connectivity index (χ3v) is 2.89. The minimum absolute atomic E-state index is 0.109. The number of aromatic nitrogens is 2. The van der Waals surface area contributed by atoms with E-state index in [4.69, 9.17) is 10.3 Å². The molecule has 0 fully saturated rings.